The summed E-state index contributed by atoms with van der Waals surface area (Å²) in [7, 11) is 1.23. The zero-order chi connectivity index (χ0) is 14.9. The molecule has 0 fully saturated rings. The number of carboxylic acid groups (broad SMARTS) is 1. The molecule has 0 aromatic heterocycles. The number of benzene rings is 1. The molecule has 20 heavy (non-hydrogen) atoms. The first-order valence-electron chi connectivity index (χ1n) is 6.21. The zero-order valence-corrected chi connectivity index (χ0v) is 11.2. The number of esters is 1. The fourth-order valence-corrected chi connectivity index (χ4v) is 2.40. The van der Waals surface area contributed by atoms with Crippen LogP contribution in [0.3, 0.4) is 0 Å². The number of carbonyl (C=O) groups is 3. The lowest BCUT2D eigenvalue weighted by molar-refractivity contribution is -0.142. The van der Waals surface area contributed by atoms with Crippen LogP contribution in [-0.2, 0) is 9.53 Å². The largest absolute Gasteiger partial charge is 0.479 e. The number of rotatable bonds is 3. The molecule has 1 unspecified atom stereocenters. The highest BCUT2D eigenvalue weighted by Crippen LogP contribution is 2.35. The summed E-state index contributed by atoms with van der Waals surface area (Å²) >= 11 is 0. The van der Waals surface area contributed by atoms with Crippen molar-refractivity contribution in [2.45, 2.75) is 25.3 Å². The van der Waals surface area contributed by atoms with Gasteiger partial charge in [0.2, 0.25) is 0 Å². The van der Waals surface area contributed by atoms with Crippen molar-refractivity contribution >= 4 is 23.4 Å². The molecule has 6 nitrogen and oxygen atoms in total. The molecule has 2 N–H and O–H groups in total. The molecule has 106 valence electrons. The molecule has 6 heteroatoms. The third kappa shape index (κ3) is 2.03. The number of fused-ring (bicyclic) bond motifs is 1. The van der Waals surface area contributed by atoms with Gasteiger partial charge in [0.15, 0.2) is 5.78 Å². The van der Waals surface area contributed by atoms with Crippen LogP contribution in [-0.4, -0.2) is 35.5 Å². The van der Waals surface area contributed by atoms with Crippen molar-refractivity contribution in [1.82, 2.24) is 0 Å². The Morgan fingerprint density at radius 1 is 1.45 bits per heavy atom. The van der Waals surface area contributed by atoms with Crippen molar-refractivity contribution < 1.29 is 24.2 Å². The van der Waals surface area contributed by atoms with Crippen LogP contribution in [0.25, 0.3) is 0 Å². The van der Waals surface area contributed by atoms with E-state index < -0.39 is 17.5 Å². The molecule has 0 spiro atoms. The summed E-state index contributed by atoms with van der Waals surface area (Å²) in [6.45, 7) is 1.70. The Bertz CT molecular complexity index is 595. The van der Waals surface area contributed by atoms with E-state index in [0.717, 1.165) is 0 Å². The molecule has 0 saturated heterocycles. The summed E-state index contributed by atoms with van der Waals surface area (Å²) in [4.78, 5) is 35.4. The average Bonchev–Trinajstić information content (AvgIpc) is 2.45. The van der Waals surface area contributed by atoms with Gasteiger partial charge in [0.25, 0.3) is 0 Å². The van der Waals surface area contributed by atoms with E-state index in [9.17, 15) is 19.5 Å². The van der Waals surface area contributed by atoms with E-state index in [1.165, 1.54) is 13.2 Å². The number of carbonyl (C=O) groups excluding carboxylic acids is 2. The maximum atomic E-state index is 12.3. The SMILES string of the molecule is CCC1(C(=O)O)CC(=O)c2c(cccc2C(=O)OC)N1. The molecule has 1 atom stereocenters. The van der Waals surface area contributed by atoms with Crippen LogP contribution in [0.2, 0.25) is 0 Å². The standard InChI is InChI=1S/C14H15NO5/c1-3-14(13(18)19)7-10(16)11-8(12(17)20-2)5-4-6-9(11)15-14/h4-6,15H,3,7H2,1-2H3,(H,18,19). The Balaban J connectivity index is 2.56. The minimum absolute atomic E-state index is 0.151. The summed E-state index contributed by atoms with van der Waals surface area (Å²) in [6.07, 6.45) is 0.0653. The van der Waals surface area contributed by atoms with E-state index in [0.29, 0.717) is 5.69 Å². The number of carboxylic acids is 1. The molecular formula is C14H15NO5. The normalized spacial score (nSPS) is 20.8. The molecule has 0 aliphatic carbocycles. The van der Waals surface area contributed by atoms with E-state index in [1.807, 2.05) is 0 Å². The van der Waals surface area contributed by atoms with Gasteiger partial charge < -0.3 is 15.2 Å². The Morgan fingerprint density at radius 3 is 2.70 bits per heavy atom. The molecular weight excluding hydrogens is 262 g/mol. The highest BCUT2D eigenvalue weighted by atomic mass is 16.5. The molecule has 2 rings (SSSR count). The van der Waals surface area contributed by atoms with Gasteiger partial charge in [-0.3, -0.25) is 4.79 Å². The summed E-state index contributed by atoms with van der Waals surface area (Å²) in [5, 5.41) is 12.2. The number of anilines is 1. The molecule has 0 bridgehead atoms. The molecule has 0 radical (unpaired) electrons. The quantitative estimate of drug-likeness (QED) is 0.817. The first-order chi connectivity index (χ1) is 9.45. The topological polar surface area (TPSA) is 92.7 Å². The Labute approximate surface area is 115 Å². The van der Waals surface area contributed by atoms with Gasteiger partial charge in [-0.2, -0.15) is 0 Å². The molecule has 0 amide bonds. The van der Waals surface area contributed by atoms with Crippen molar-refractivity contribution in [2.75, 3.05) is 12.4 Å². The second kappa shape index (κ2) is 4.96. The number of nitrogens with one attached hydrogen (secondary N) is 1. The first kappa shape index (κ1) is 14.0. The minimum atomic E-state index is -1.32. The zero-order valence-electron chi connectivity index (χ0n) is 11.2. The Hall–Kier alpha value is -2.37. The monoisotopic (exact) mass is 277 g/mol. The van der Waals surface area contributed by atoms with E-state index in [4.69, 9.17) is 0 Å². The number of ether oxygens (including phenoxy) is 1. The smallest absolute Gasteiger partial charge is 0.338 e. The molecule has 1 aliphatic heterocycles. The lowest BCUT2D eigenvalue weighted by Crippen LogP contribution is -2.50. The van der Waals surface area contributed by atoms with Crippen molar-refractivity contribution in [3.63, 3.8) is 0 Å². The van der Waals surface area contributed by atoms with Gasteiger partial charge in [-0.25, -0.2) is 9.59 Å². The summed E-state index contributed by atoms with van der Waals surface area (Å²) in [6, 6.07) is 4.66. The molecule has 1 heterocycles. The second-order valence-electron chi connectivity index (χ2n) is 4.69. The van der Waals surface area contributed by atoms with Gasteiger partial charge in [-0.05, 0) is 18.6 Å². The summed E-state index contributed by atoms with van der Waals surface area (Å²) in [5.41, 5.74) is -0.616. The molecule has 1 aliphatic rings. The lowest BCUT2D eigenvalue weighted by Gasteiger charge is -2.35. The van der Waals surface area contributed by atoms with Crippen LogP contribution in [0.4, 0.5) is 5.69 Å². The van der Waals surface area contributed by atoms with Gasteiger partial charge >= 0.3 is 11.9 Å². The minimum Gasteiger partial charge on any atom is -0.479 e. The van der Waals surface area contributed by atoms with Crippen LogP contribution >= 0.6 is 0 Å². The number of hydrogen-bond acceptors (Lipinski definition) is 5. The van der Waals surface area contributed by atoms with Gasteiger partial charge in [0, 0.05) is 12.1 Å². The molecule has 1 aromatic carbocycles. The highest BCUT2D eigenvalue weighted by Gasteiger charge is 2.44. The Morgan fingerprint density at radius 2 is 2.15 bits per heavy atom. The first-order valence-corrected chi connectivity index (χ1v) is 6.21. The van der Waals surface area contributed by atoms with Crippen LogP contribution in [0.1, 0.15) is 40.5 Å². The predicted octanol–water partition coefficient (Wildman–Crippen LogP) is 1.70. The average molecular weight is 277 g/mol. The second-order valence-corrected chi connectivity index (χ2v) is 4.69. The summed E-state index contributed by atoms with van der Waals surface area (Å²) < 4.78 is 4.64. The van der Waals surface area contributed by atoms with Gasteiger partial charge in [0.05, 0.1) is 18.2 Å². The van der Waals surface area contributed by atoms with Gasteiger partial charge in [-0.1, -0.05) is 13.0 Å². The lowest BCUT2D eigenvalue weighted by atomic mass is 9.82. The van der Waals surface area contributed by atoms with Crippen LogP contribution in [0.5, 0.6) is 0 Å². The number of ketones is 1. The van der Waals surface area contributed by atoms with Crippen molar-refractivity contribution in [1.29, 1.82) is 0 Å². The number of hydrogen-bond donors (Lipinski definition) is 2. The van der Waals surface area contributed by atoms with E-state index >= 15 is 0 Å². The van der Waals surface area contributed by atoms with Gasteiger partial charge in [0.1, 0.15) is 5.54 Å². The van der Waals surface area contributed by atoms with Crippen molar-refractivity contribution in [3.8, 4) is 0 Å². The number of methoxy groups -OCH3 is 1. The Kier molecular flexibility index (Phi) is 3.48. The van der Waals surface area contributed by atoms with Gasteiger partial charge in [-0.15, -0.1) is 0 Å². The molecule has 0 saturated carbocycles. The maximum absolute atomic E-state index is 12.3. The van der Waals surface area contributed by atoms with E-state index in [1.54, 1.807) is 19.1 Å². The third-order valence-corrected chi connectivity index (χ3v) is 3.60. The van der Waals surface area contributed by atoms with Crippen LogP contribution < -0.4 is 5.32 Å². The number of aliphatic carboxylic acids is 1. The maximum Gasteiger partial charge on any atom is 0.338 e. The van der Waals surface area contributed by atoms with Crippen LogP contribution in [0, 0.1) is 0 Å². The molecule has 1 aromatic rings. The van der Waals surface area contributed by atoms with E-state index in [2.05, 4.69) is 10.1 Å². The third-order valence-electron chi connectivity index (χ3n) is 3.60. The van der Waals surface area contributed by atoms with Crippen LogP contribution in [0.15, 0.2) is 18.2 Å². The number of Topliss-reactive ketones (excluding diaryl/α,β-unsaturated/α-hetero) is 1. The summed E-state index contributed by atoms with van der Waals surface area (Å²) in [5.74, 6) is -2.07. The van der Waals surface area contributed by atoms with Crippen molar-refractivity contribution in [2.24, 2.45) is 0 Å². The highest BCUT2D eigenvalue weighted by molar-refractivity contribution is 6.14. The van der Waals surface area contributed by atoms with E-state index in [-0.39, 0.29) is 29.8 Å². The fraction of sp³-hybridized carbons (Fsp3) is 0.357. The van der Waals surface area contributed by atoms with Crippen molar-refractivity contribution in [3.05, 3.63) is 29.3 Å². The fourth-order valence-electron chi connectivity index (χ4n) is 2.40. The predicted molar refractivity (Wildman–Crippen MR) is 71.0 cm³/mol.